The number of hydrogen-bond donors (Lipinski definition) is 1. The third kappa shape index (κ3) is 2.27. The average molecular weight is 309 g/mol. The summed E-state index contributed by atoms with van der Waals surface area (Å²) in [7, 11) is 3.41. The molecule has 3 rings (SSSR count). The van der Waals surface area contributed by atoms with E-state index >= 15 is 0 Å². The number of para-hydroxylation sites is 1. The molecule has 1 atom stereocenters. The van der Waals surface area contributed by atoms with Gasteiger partial charge in [-0.05, 0) is 18.9 Å². The van der Waals surface area contributed by atoms with Crippen molar-refractivity contribution in [2.75, 3.05) is 14.2 Å². The second-order valence-corrected chi connectivity index (χ2v) is 5.78. The minimum Gasteiger partial charge on any atom is -0.496 e. The summed E-state index contributed by atoms with van der Waals surface area (Å²) in [5, 5.41) is 9.66. The van der Waals surface area contributed by atoms with Gasteiger partial charge in [-0.15, -0.1) is 0 Å². The zero-order chi connectivity index (χ0) is 16.6. The number of nitriles is 1. The highest BCUT2D eigenvalue weighted by Gasteiger charge is 2.39. The van der Waals surface area contributed by atoms with E-state index in [4.69, 9.17) is 10.5 Å². The second-order valence-electron chi connectivity index (χ2n) is 5.78. The lowest BCUT2D eigenvalue weighted by Crippen LogP contribution is -2.36. The van der Waals surface area contributed by atoms with E-state index in [-0.39, 0.29) is 5.78 Å². The molecule has 1 aromatic rings. The molecule has 2 N–H and O–H groups in total. The molecule has 0 spiro atoms. The van der Waals surface area contributed by atoms with Gasteiger partial charge in [-0.25, -0.2) is 0 Å². The van der Waals surface area contributed by atoms with E-state index in [1.807, 2.05) is 31.3 Å². The van der Waals surface area contributed by atoms with Crippen LogP contribution in [0, 0.1) is 11.3 Å². The predicted molar refractivity (Wildman–Crippen MR) is 86.2 cm³/mol. The van der Waals surface area contributed by atoms with E-state index < -0.39 is 5.92 Å². The van der Waals surface area contributed by atoms with Crippen LogP contribution < -0.4 is 10.5 Å². The number of allylic oxidation sites excluding steroid dienone is 3. The Bertz CT molecular complexity index is 771. The molecule has 0 aromatic heterocycles. The van der Waals surface area contributed by atoms with Crippen molar-refractivity contribution in [2.24, 2.45) is 5.73 Å². The number of methoxy groups -OCH3 is 1. The van der Waals surface area contributed by atoms with Gasteiger partial charge in [0.2, 0.25) is 0 Å². The molecule has 0 bridgehead atoms. The molecule has 23 heavy (non-hydrogen) atoms. The van der Waals surface area contributed by atoms with Crippen molar-refractivity contribution in [2.45, 2.75) is 25.2 Å². The Labute approximate surface area is 135 Å². The molecule has 0 amide bonds. The summed E-state index contributed by atoms with van der Waals surface area (Å²) < 4.78 is 5.45. The smallest absolute Gasteiger partial charge is 0.161 e. The lowest BCUT2D eigenvalue weighted by molar-refractivity contribution is -0.116. The van der Waals surface area contributed by atoms with Crippen LogP contribution in [0.4, 0.5) is 0 Å². The minimum atomic E-state index is -0.449. The highest BCUT2D eigenvalue weighted by Crippen LogP contribution is 2.46. The van der Waals surface area contributed by atoms with Crippen LogP contribution in [0.3, 0.4) is 0 Å². The number of ketones is 1. The molecule has 1 aliphatic carbocycles. The second kappa shape index (κ2) is 5.81. The maximum atomic E-state index is 12.6. The molecule has 0 saturated carbocycles. The molecule has 118 valence electrons. The maximum absolute atomic E-state index is 12.6. The summed E-state index contributed by atoms with van der Waals surface area (Å²) in [6.45, 7) is 0. The quantitative estimate of drug-likeness (QED) is 0.907. The molecule has 1 aromatic carbocycles. The van der Waals surface area contributed by atoms with Crippen molar-refractivity contribution in [1.29, 1.82) is 5.26 Å². The first-order valence-corrected chi connectivity index (χ1v) is 7.62. The fourth-order valence-electron chi connectivity index (χ4n) is 3.48. The third-order valence-corrected chi connectivity index (χ3v) is 4.62. The van der Waals surface area contributed by atoms with Crippen LogP contribution in [0.25, 0.3) is 0 Å². The van der Waals surface area contributed by atoms with Crippen molar-refractivity contribution in [3.05, 3.63) is 52.5 Å². The fraction of sp³-hybridized carbons (Fsp3) is 0.333. The number of carbonyl (C=O) groups excluding carboxylic acids is 1. The van der Waals surface area contributed by atoms with Crippen LogP contribution in [-0.2, 0) is 4.79 Å². The van der Waals surface area contributed by atoms with E-state index in [9.17, 15) is 10.1 Å². The molecule has 1 heterocycles. The first-order chi connectivity index (χ1) is 11.1. The van der Waals surface area contributed by atoms with Gasteiger partial charge in [0.15, 0.2) is 5.78 Å². The van der Waals surface area contributed by atoms with Crippen LogP contribution in [0.1, 0.15) is 30.7 Å². The monoisotopic (exact) mass is 309 g/mol. The molecule has 1 aliphatic heterocycles. The normalized spacial score (nSPS) is 21.2. The summed E-state index contributed by atoms with van der Waals surface area (Å²) in [5.74, 6) is 0.717. The zero-order valence-electron chi connectivity index (χ0n) is 13.3. The number of nitrogens with two attached hydrogens (primary N) is 1. The summed E-state index contributed by atoms with van der Waals surface area (Å²) >= 11 is 0. The highest BCUT2D eigenvalue weighted by molar-refractivity contribution is 6.00. The number of rotatable bonds is 2. The number of Topliss-reactive ketones (excluding diaryl/α,β-unsaturated/α-hetero) is 1. The van der Waals surface area contributed by atoms with Gasteiger partial charge in [0.1, 0.15) is 11.6 Å². The molecule has 0 radical (unpaired) electrons. The van der Waals surface area contributed by atoms with E-state index in [2.05, 4.69) is 6.07 Å². The minimum absolute atomic E-state index is 0.0919. The summed E-state index contributed by atoms with van der Waals surface area (Å²) in [6.07, 6.45) is 2.12. The largest absolute Gasteiger partial charge is 0.496 e. The third-order valence-electron chi connectivity index (χ3n) is 4.62. The van der Waals surface area contributed by atoms with Crippen LogP contribution in [-0.4, -0.2) is 24.8 Å². The first kappa shape index (κ1) is 15.2. The molecule has 5 nitrogen and oxygen atoms in total. The fourth-order valence-corrected chi connectivity index (χ4v) is 3.48. The Kier molecular flexibility index (Phi) is 3.83. The number of ether oxygens (including phenoxy) is 1. The number of nitrogens with zero attached hydrogens (tertiary/aromatic N) is 2. The van der Waals surface area contributed by atoms with E-state index in [0.29, 0.717) is 29.1 Å². The Balaban J connectivity index is 2.27. The van der Waals surface area contributed by atoms with Gasteiger partial charge in [-0.3, -0.25) is 4.79 Å². The van der Waals surface area contributed by atoms with Crippen molar-refractivity contribution in [3.8, 4) is 11.8 Å². The van der Waals surface area contributed by atoms with Gasteiger partial charge in [-0.1, -0.05) is 18.2 Å². The van der Waals surface area contributed by atoms with E-state index in [1.54, 1.807) is 12.0 Å². The van der Waals surface area contributed by atoms with Crippen LogP contribution in [0.5, 0.6) is 5.75 Å². The molecule has 0 saturated heterocycles. The lowest BCUT2D eigenvalue weighted by atomic mass is 9.75. The number of hydrogen-bond acceptors (Lipinski definition) is 5. The Hall–Kier alpha value is -2.74. The highest BCUT2D eigenvalue weighted by atomic mass is 16.5. The Morgan fingerprint density at radius 3 is 2.78 bits per heavy atom. The van der Waals surface area contributed by atoms with E-state index in [1.165, 1.54) is 0 Å². The molecular formula is C18H19N3O2. The molecule has 0 fully saturated rings. The van der Waals surface area contributed by atoms with Crippen LogP contribution >= 0.6 is 0 Å². The van der Waals surface area contributed by atoms with Gasteiger partial charge in [0.25, 0.3) is 0 Å². The molecule has 2 aliphatic rings. The van der Waals surface area contributed by atoms with Crippen LogP contribution in [0.15, 0.2) is 46.9 Å². The predicted octanol–water partition coefficient (Wildman–Crippen LogP) is 2.43. The van der Waals surface area contributed by atoms with Crippen molar-refractivity contribution >= 4 is 5.78 Å². The standard InChI is InChI=1S/C18H19N3O2/c1-21-13-7-5-8-14(22)17(13)16(12(10-19)18(21)20)11-6-3-4-9-15(11)23-2/h3-4,6,9,16H,5,7-8,20H2,1-2H3/t16-/m1/s1. The summed E-state index contributed by atoms with van der Waals surface area (Å²) in [4.78, 5) is 14.4. The Morgan fingerprint density at radius 1 is 1.35 bits per heavy atom. The van der Waals surface area contributed by atoms with Gasteiger partial charge < -0.3 is 15.4 Å². The van der Waals surface area contributed by atoms with Crippen molar-refractivity contribution < 1.29 is 9.53 Å². The number of benzene rings is 1. The average Bonchev–Trinajstić information content (AvgIpc) is 2.58. The van der Waals surface area contributed by atoms with E-state index in [0.717, 1.165) is 24.1 Å². The zero-order valence-corrected chi connectivity index (χ0v) is 13.3. The van der Waals surface area contributed by atoms with Crippen LogP contribution in [0.2, 0.25) is 0 Å². The van der Waals surface area contributed by atoms with Crippen molar-refractivity contribution in [3.63, 3.8) is 0 Å². The summed E-state index contributed by atoms with van der Waals surface area (Å²) in [5.41, 5.74) is 9.03. The van der Waals surface area contributed by atoms with Gasteiger partial charge in [0, 0.05) is 30.3 Å². The van der Waals surface area contributed by atoms with Gasteiger partial charge in [0.05, 0.1) is 24.7 Å². The topological polar surface area (TPSA) is 79.3 Å². The lowest BCUT2D eigenvalue weighted by Gasteiger charge is -2.37. The van der Waals surface area contributed by atoms with Gasteiger partial charge >= 0.3 is 0 Å². The van der Waals surface area contributed by atoms with Crippen molar-refractivity contribution in [1.82, 2.24) is 4.90 Å². The SMILES string of the molecule is COc1ccccc1[C@@H]1C(C#N)=C(N)N(C)C2=C1C(=O)CCC2. The molecular weight excluding hydrogens is 290 g/mol. The first-order valence-electron chi connectivity index (χ1n) is 7.62. The molecule has 5 heteroatoms. The molecule has 0 unspecified atom stereocenters. The maximum Gasteiger partial charge on any atom is 0.161 e. The number of carbonyl (C=O) groups is 1. The summed E-state index contributed by atoms with van der Waals surface area (Å²) in [6, 6.07) is 9.70. The Morgan fingerprint density at radius 2 is 2.09 bits per heavy atom. The van der Waals surface area contributed by atoms with Gasteiger partial charge in [-0.2, -0.15) is 5.26 Å².